The Morgan fingerprint density at radius 2 is 1.55 bits per heavy atom. The van der Waals surface area contributed by atoms with Crippen LogP contribution in [-0.2, 0) is 9.59 Å². The molecule has 1 fully saturated rings. The van der Waals surface area contributed by atoms with Crippen LogP contribution in [0.25, 0.3) is 11.8 Å². The largest absolute Gasteiger partial charge is 0.336 e. The molecule has 6 nitrogen and oxygen atoms in total. The minimum Gasteiger partial charge on any atom is -0.317 e. The van der Waals surface area contributed by atoms with Crippen molar-refractivity contribution in [2.45, 2.75) is 27.7 Å². The Hall–Kier alpha value is -3.35. The van der Waals surface area contributed by atoms with Gasteiger partial charge in [-0.15, -0.1) is 0 Å². The van der Waals surface area contributed by atoms with Crippen molar-refractivity contribution >= 4 is 52.8 Å². The first-order valence-electron chi connectivity index (χ1n) is 10.2. The zero-order chi connectivity index (χ0) is 24.0. The second-order valence-electron chi connectivity index (χ2n) is 7.93. The van der Waals surface area contributed by atoms with E-state index in [-0.39, 0.29) is 21.3 Å². The second-order valence-corrected chi connectivity index (χ2v) is 8.72. The molecular weight excluding hydrogens is 461 g/mol. The van der Waals surface area contributed by atoms with Gasteiger partial charge in [-0.3, -0.25) is 14.9 Å². The fourth-order valence-corrected chi connectivity index (χ4v) is 4.51. The van der Waals surface area contributed by atoms with Gasteiger partial charge in [-0.25, -0.2) is 9.69 Å². The highest BCUT2D eigenvalue weighted by atomic mass is 35.5. The van der Waals surface area contributed by atoms with Crippen LogP contribution in [0.5, 0.6) is 0 Å². The molecule has 4 amide bonds. The van der Waals surface area contributed by atoms with Crippen LogP contribution < -0.4 is 10.2 Å². The number of carbonyl (C=O) groups excluding carboxylic acids is 3. The summed E-state index contributed by atoms with van der Waals surface area (Å²) in [5, 5.41) is 2.45. The van der Waals surface area contributed by atoms with E-state index in [9.17, 15) is 14.4 Å². The highest BCUT2D eigenvalue weighted by Gasteiger charge is 2.38. The SMILES string of the molecule is Cc1cccc(C)c1-n1c(C)cc(/C=C2\C(=O)NC(=O)N(c3cccc(Cl)c3Cl)C2=O)c1C. The quantitative estimate of drug-likeness (QED) is 0.386. The summed E-state index contributed by atoms with van der Waals surface area (Å²) >= 11 is 12.3. The van der Waals surface area contributed by atoms with E-state index >= 15 is 0 Å². The summed E-state index contributed by atoms with van der Waals surface area (Å²) in [7, 11) is 0. The van der Waals surface area contributed by atoms with Gasteiger partial charge in [0.1, 0.15) is 5.57 Å². The molecule has 1 aliphatic rings. The van der Waals surface area contributed by atoms with Gasteiger partial charge in [-0.2, -0.15) is 0 Å². The fourth-order valence-electron chi connectivity index (χ4n) is 4.13. The molecule has 0 atom stereocenters. The van der Waals surface area contributed by atoms with Gasteiger partial charge in [0.25, 0.3) is 11.8 Å². The Labute approximate surface area is 201 Å². The third-order valence-corrected chi connectivity index (χ3v) is 6.52. The molecule has 1 N–H and O–H groups in total. The molecular formula is C25H21Cl2N3O3. The van der Waals surface area contributed by atoms with Crippen molar-refractivity contribution < 1.29 is 14.4 Å². The minimum absolute atomic E-state index is 0.0459. The van der Waals surface area contributed by atoms with Crippen LogP contribution in [0.2, 0.25) is 10.0 Å². The normalized spacial score (nSPS) is 15.4. The number of nitrogens with zero attached hydrogens (tertiary/aromatic N) is 2. The van der Waals surface area contributed by atoms with E-state index in [1.807, 2.05) is 52.0 Å². The van der Waals surface area contributed by atoms with E-state index in [0.717, 1.165) is 33.1 Å². The smallest absolute Gasteiger partial charge is 0.317 e. The molecule has 1 saturated heterocycles. The number of para-hydroxylation sites is 1. The van der Waals surface area contributed by atoms with Gasteiger partial charge in [0.05, 0.1) is 21.4 Å². The molecule has 0 saturated carbocycles. The lowest BCUT2D eigenvalue weighted by atomic mass is 10.1. The van der Waals surface area contributed by atoms with Gasteiger partial charge in [-0.1, -0.05) is 47.5 Å². The van der Waals surface area contributed by atoms with E-state index in [1.165, 1.54) is 12.1 Å². The summed E-state index contributed by atoms with van der Waals surface area (Å²) in [6.45, 7) is 7.96. The van der Waals surface area contributed by atoms with Gasteiger partial charge in [0.15, 0.2) is 0 Å². The van der Waals surface area contributed by atoms with Gasteiger partial charge in [0, 0.05) is 11.4 Å². The van der Waals surface area contributed by atoms with Crippen LogP contribution in [0.4, 0.5) is 10.5 Å². The number of benzene rings is 2. The molecule has 2 heterocycles. The van der Waals surface area contributed by atoms with Crippen LogP contribution in [0.15, 0.2) is 48.0 Å². The molecule has 0 radical (unpaired) electrons. The van der Waals surface area contributed by atoms with Crippen LogP contribution in [0, 0.1) is 27.7 Å². The monoisotopic (exact) mass is 481 g/mol. The summed E-state index contributed by atoms with van der Waals surface area (Å²) in [4.78, 5) is 39.2. The number of anilines is 1. The van der Waals surface area contributed by atoms with Crippen molar-refractivity contribution in [1.29, 1.82) is 0 Å². The lowest BCUT2D eigenvalue weighted by Crippen LogP contribution is -2.54. The standard InChI is InChI=1S/C25H21Cl2N3O3/c1-13-7-5-8-14(2)22(13)29-15(3)11-17(16(29)4)12-18-23(31)28-25(33)30(24(18)32)20-10-6-9-19(26)21(20)27/h5-12H,1-4H3,(H,28,31,33)/b18-12+. The topological polar surface area (TPSA) is 71.4 Å². The number of hydrogen-bond donors (Lipinski definition) is 1. The van der Waals surface area contributed by atoms with Gasteiger partial charge in [0.2, 0.25) is 0 Å². The highest BCUT2D eigenvalue weighted by Crippen LogP contribution is 2.35. The number of hydrogen-bond acceptors (Lipinski definition) is 3. The predicted octanol–water partition coefficient (Wildman–Crippen LogP) is 5.68. The maximum absolute atomic E-state index is 13.3. The van der Waals surface area contributed by atoms with Crippen LogP contribution in [0.3, 0.4) is 0 Å². The van der Waals surface area contributed by atoms with Crippen LogP contribution in [-0.4, -0.2) is 22.4 Å². The Morgan fingerprint density at radius 1 is 0.909 bits per heavy atom. The van der Waals surface area contributed by atoms with Crippen LogP contribution >= 0.6 is 23.2 Å². The number of amides is 4. The molecule has 0 spiro atoms. The summed E-state index contributed by atoms with van der Waals surface area (Å²) in [6.07, 6.45) is 1.50. The first-order valence-corrected chi connectivity index (χ1v) is 11.0. The predicted molar refractivity (Wildman–Crippen MR) is 130 cm³/mol. The van der Waals surface area contributed by atoms with Crippen molar-refractivity contribution in [1.82, 2.24) is 9.88 Å². The zero-order valence-corrected chi connectivity index (χ0v) is 20.0. The molecule has 4 rings (SSSR count). The zero-order valence-electron chi connectivity index (χ0n) is 18.5. The van der Waals surface area contributed by atoms with Gasteiger partial charge >= 0.3 is 6.03 Å². The van der Waals surface area contributed by atoms with E-state index < -0.39 is 17.8 Å². The summed E-state index contributed by atoms with van der Waals surface area (Å²) in [5.74, 6) is -1.54. The average Bonchev–Trinajstić information content (AvgIpc) is 3.01. The van der Waals surface area contributed by atoms with Crippen molar-refractivity contribution in [3.8, 4) is 5.69 Å². The average molecular weight is 482 g/mol. The maximum atomic E-state index is 13.3. The van der Waals surface area contributed by atoms with Crippen LogP contribution in [0.1, 0.15) is 28.1 Å². The molecule has 3 aromatic rings. The number of aromatic nitrogens is 1. The molecule has 168 valence electrons. The number of halogens is 2. The minimum atomic E-state index is -0.882. The van der Waals surface area contributed by atoms with Gasteiger partial charge < -0.3 is 4.57 Å². The Morgan fingerprint density at radius 3 is 2.21 bits per heavy atom. The van der Waals surface area contributed by atoms with Crippen molar-refractivity contribution in [2.75, 3.05) is 4.90 Å². The highest BCUT2D eigenvalue weighted by molar-refractivity contribution is 6.46. The summed E-state index contributed by atoms with van der Waals surface area (Å²) < 4.78 is 2.10. The molecule has 1 aromatic heterocycles. The van der Waals surface area contributed by atoms with Gasteiger partial charge in [-0.05, 0) is 68.7 Å². The number of carbonyl (C=O) groups is 3. The Balaban J connectivity index is 1.82. The number of imide groups is 2. The summed E-state index contributed by atoms with van der Waals surface area (Å²) in [5.41, 5.74) is 5.70. The van der Waals surface area contributed by atoms with E-state index in [0.29, 0.717) is 5.56 Å². The maximum Gasteiger partial charge on any atom is 0.336 e. The molecule has 8 heteroatoms. The number of rotatable bonds is 3. The number of barbiturate groups is 1. The Bertz CT molecular complexity index is 1350. The molecule has 0 aliphatic carbocycles. The van der Waals surface area contributed by atoms with Crippen molar-refractivity contribution in [3.63, 3.8) is 0 Å². The number of aryl methyl sites for hydroxylation is 3. The van der Waals surface area contributed by atoms with Crippen molar-refractivity contribution in [2.24, 2.45) is 0 Å². The first kappa shape index (κ1) is 22.8. The molecule has 2 aromatic carbocycles. The molecule has 0 unspecified atom stereocenters. The summed E-state index contributed by atoms with van der Waals surface area (Å²) in [6, 6.07) is 11.7. The second kappa shape index (κ2) is 8.54. The van der Waals surface area contributed by atoms with E-state index in [2.05, 4.69) is 9.88 Å². The number of nitrogens with one attached hydrogen (secondary N) is 1. The first-order chi connectivity index (χ1) is 15.6. The molecule has 1 aliphatic heterocycles. The van der Waals surface area contributed by atoms with Crippen molar-refractivity contribution in [3.05, 3.63) is 86.2 Å². The number of urea groups is 1. The van der Waals surface area contributed by atoms with E-state index in [1.54, 1.807) is 12.1 Å². The molecule has 0 bridgehead atoms. The van der Waals surface area contributed by atoms with E-state index in [4.69, 9.17) is 23.2 Å². The third-order valence-electron chi connectivity index (χ3n) is 5.71. The fraction of sp³-hybridized carbons (Fsp3) is 0.160. The molecule has 33 heavy (non-hydrogen) atoms. The lowest BCUT2D eigenvalue weighted by molar-refractivity contribution is -0.122. The Kier molecular flexibility index (Phi) is 5.91. The third kappa shape index (κ3) is 3.86. The lowest BCUT2D eigenvalue weighted by Gasteiger charge is -2.27.